The Morgan fingerprint density at radius 1 is 1.03 bits per heavy atom. The first-order valence-electron chi connectivity index (χ1n) is 11.3. The minimum absolute atomic E-state index is 0.0502. The highest BCUT2D eigenvalue weighted by molar-refractivity contribution is 6.34. The fourth-order valence-corrected chi connectivity index (χ4v) is 3.75. The maximum absolute atomic E-state index is 13.2. The lowest BCUT2D eigenvalue weighted by atomic mass is 10.0. The van der Waals surface area contributed by atoms with E-state index in [0.717, 1.165) is 5.56 Å². The van der Waals surface area contributed by atoms with Crippen molar-refractivity contribution in [3.8, 4) is 0 Å². The Balaban J connectivity index is 2.08. The van der Waals surface area contributed by atoms with Gasteiger partial charge in [0.15, 0.2) is 0 Å². The molecule has 0 bridgehead atoms. The van der Waals surface area contributed by atoms with Gasteiger partial charge in [-0.2, -0.15) is 0 Å². The molecule has 2 aromatic rings. The molecule has 37 heavy (non-hydrogen) atoms. The first kappa shape index (κ1) is 29.9. The zero-order valence-electron chi connectivity index (χ0n) is 19.8. The molecule has 11 nitrogen and oxygen atoms in total. The monoisotopic (exact) mass is 551 g/mol. The first-order chi connectivity index (χ1) is 17.8. The van der Waals surface area contributed by atoms with Crippen LogP contribution in [0.1, 0.15) is 30.0 Å². The van der Waals surface area contributed by atoms with Crippen LogP contribution in [-0.4, -0.2) is 55.3 Å². The fraction of sp³-hybridized carbons (Fsp3) is 0.375. The summed E-state index contributed by atoms with van der Waals surface area (Å²) in [4.78, 5) is 39.7. The molecule has 0 fully saturated rings. The number of nitrogens with zero attached hydrogens (tertiary/aromatic N) is 3. The van der Waals surface area contributed by atoms with Crippen LogP contribution in [0.25, 0.3) is 10.4 Å². The van der Waals surface area contributed by atoms with Crippen LogP contribution in [0.2, 0.25) is 10.0 Å². The molecule has 2 amide bonds. The van der Waals surface area contributed by atoms with Crippen LogP contribution in [0, 0.1) is 0 Å². The molecule has 0 aliphatic carbocycles. The lowest BCUT2D eigenvalue weighted by Crippen LogP contribution is -2.50. The van der Waals surface area contributed by atoms with Crippen LogP contribution in [0.5, 0.6) is 0 Å². The second-order valence-corrected chi connectivity index (χ2v) is 8.67. The van der Waals surface area contributed by atoms with Crippen molar-refractivity contribution in [2.75, 3.05) is 26.4 Å². The molecule has 0 saturated heterocycles. The molecule has 0 aromatic heterocycles. The molecule has 2 aromatic carbocycles. The Morgan fingerprint density at radius 3 is 2.38 bits per heavy atom. The van der Waals surface area contributed by atoms with Gasteiger partial charge in [0.2, 0.25) is 11.8 Å². The zero-order chi connectivity index (χ0) is 27.0. The number of azide groups is 1. The standard InChI is InChI=1S/C24H27Cl2N5O6/c25-18-10-17(11-19(26)12-18)20(13-23(33)34)30-24(35)21(15-37-14-16-4-2-1-3-5-16)29-22(32)6-8-36-9-7-28-31-27/h1-5,10-12,20-21H,6-9,13-15H2,(H,29,32)(H,30,35)(H,33,34)/t20?,21-/m0/s1. The molecule has 198 valence electrons. The minimum Gasteiger partial charge on any atom is -0.481 e. The summed E-state index contributed by atoms with van der Waals surface area (Å²) in [7, 11) is 0. The Bertz CT molecular complexity index is 1080. The minimum atomic E-state index is -1.15. The summed E-state index contributed by atoms with van der Waals surface area (Å²) in [5, 5.41) is 18.5. The number of carboxylic acid groups (broad SMARTS) is 1. The van der Waals surface area contributed by atoms with E-state index in [2.05, 4.69) is 20.7 Å². The summed E-state index contributed by atoms with van der Waals surface area (Å²) < 4.78 is 10.9. The van der Waals surface area contributed by atoms with E-state index >= 15 is 0 Å². The second kappa shape index (κ2) is 16.4. The van der Waals surface area contributed by atoms with Gasteiger partial charge >= 0.3 is 5.97 Å². The molecule has 1 unspecified atom stereocenters. The van der Waals surface area contributed by atoms with E-state index in [1.54, 1.807) is 0 Å². The highest BCUT2D eigenvalue weighted by Crippen LogP contribution is 2.25. The summed E-state index contributed by atoms with van der Waals surface area (Å²) >= 11 is 12.1. The molecule has 0 aliphatic rings. The number of nitrogens with one attached hydrogen (secondary N) is 2. The predicted molar refractivity (Wildman–Crippen MR) is 137 cm³/mol. The summed E-state index contributed by atoms with van der Waals surface area (Å²) in [6, 6.07) is 11.7. The number of carboxylic acids is 1. The summed E-state index contributed by atoms with van der Waals surface area (Å²) in [6.45, 7) is 0.371. The van der Waals surface area contributed by atoms with Gasteiger partial charge < -0.3 is 25.2 Å². The number of benzene rings is 2. The summed E-state index contributed by atoms with van der Waals surface area (Å²) in [6.07, 6.45) is -0.492. The van der Waals surface area contributed by atoms with Gasteiger partial charge in [-0.05, 0) is 34.9 Å². The number of hydrogen-bond acceptors (Lipinski definition) is 6. The van der Waals surface area contributed by atoms with Crippen molar-refractivity contribution in [1.29, 1.82) is 0 Å². The topological polar surface area (TPSA) is 163 Å². The van der Waals surface area contributed by atoms with Gasteiger partial charge in [0, 0.05) is 27.9 Å². The number of rotatable bonds is 16. The molecule has 0 heterocycles. The van der Waals surface area contributed by atoms with Crippen LogP contribution in [-0.2, 0) is 30.5 Å². The van der Waals surface area contributed by atoms with Gasteiger partial charge in [-0.3, -0.25) is 14.4 Å². The van der Waals surface area contributed by atoms with Crippen molar-refractivity contribution < 1.29 is 29.0 Å². The number of ether oxygens (including phenoxy) is 2. The lowest BCUT2D eigenvalue weighted by Gasteiger charge is -2.23. The van der Waals surface area contributed by atoms with Crippen LogP contribution < -0.4 is 10.6 Å². The number of hydrogen-bond donors (Lipinski definition) is 3. The first-order valence-corrected chi connectivity index (χ1v) is 12.0. The maximum Gasteiger partial charge on any atom is 0.305 e. The van der Waals surface area contributed by atoms with Gasteiger partial charge in [-0.1, -0.05) is 58.6 Å². The van der Waals surface area contributed by atoms with Crippen molar-refractivity contribution in [3.63, 3.8) is 0 Å². The number of carbonyl (C=O) groups is 3. The third-order valence-electron chi connectivity index (χ3n) is 4.90. The molecule has 0 saturated carbocycles. The van der Waals surface area contributed by atoms with E-state index in [-0.39, 0.29) is 49.4 Å². The Hall–Kier alpha value is -3.34. The molecule has 2 rings (SSSR count). The lowest BCUT2D eigenvalue weighted by molar-refractivity contribution is -0.138. The molecule has 0 aliphatic heterocycles. The maximum atomic E-state index is 13.2. The number of amides is 2. The Morgan fingerprint density at radius 2 is 1.73 bits per heavy atom. The zero-order valence-corrected chi connectivity index (χ0v) is 21.3. The van der Waals surface area contributed by atoms with E-state index in [1.165, 1.54) is 18.2 Å². The summed E-state index contributed by atoms with van der Waals surface area (Å²) in [5.41, 5.74) is 9.53. The predicted octanol–water partition coefficient (Wildman–Crippen LogP) is 4.04. The summed E-state index contributed by atoms with van der Waals surface area (Å²) in [5.74, 6) is -2.28. The van der Waals surface area contributed by atoms with Gasteiger partial charge in [-0.15, -0.1) is 0 Å². The van der Waals surface area contributed by atoms with Gasteiger partial charge in [0.25, 0.3) is 0 Å². The number of halogens is 2. The van der Waals surface area contributed by atoms with Crippen molar-refractivity contribution in [1.82, 2.24) is 10.6 Å². The van der Waals surface area contributed by atoms with Crippen molar-refractivity contribution >= 4 is 41.0 Å². The van der Waals surface area contributed by atoms with Gasteiger partial charge in [0.05, 0.1) is 38.9 Å². The SMILES string of the molecule is [N-]=[N+]=NCCOCCC(=O)N[C@@H](COCc1ccccc1)C(=O)NC(CC(=O)O)c1cc(Cl)cc(Cl)c1. The van der Waals surface area contributed by atoms with Crippen molar-refractivity contribution in [3.05, 3.63) is 80.1 Å². The third kappa shape index (κ3) is 12.0. The average Bonchev–Trinajstić information content (AvgIpc) is 2.85. The molecule has 13 heteroatoms. The van der Waals surface area contributed by atoms with E-state index in [0.29, 0.717) is 5.56 Å². The van der Waals surface area contributed by atoms with E-state index in [9.17, 15) is 19.5 Å². The highest BCUT2D eigenvalue weighted by atomic mass is 35.5. The van der Waals surface area contributed by atoms with Gasteiger partial charge in [-0.25, -0.2) is 0 Å². The van der Waals surface area contributed by atoms with Crippen molar-refractivity contribution in [2.24, 2.45) is 5.11 Å². The largest absolute Gasteiger partial charge is 0.481 e. The molecular weight excluding hydrogens is 525 g/mol. The van der Waals surface area contributed by atoms with Crippen LogP contribution in [0.3, 0.4) is 0 Å². The number of carbonyl (C=O) groups excluding carboxylic acids is 2. The fourth-order valence-electron chi connectivity index (χ4n) is 3.21. The quantitative estimate of drug-likeness (QED) is 0.123. The highest BCUT2D eigenvalue weighted by Gasteiger charge is 2.26. The smallest absolute Gasteiger partial charge is 0.305 e. The van der Waals surface area contributed by atoms with E-state index < -0.39 is 36.3 Å². The Labute approximate surface area is 223 Å². The second-order valence-electron chi connectivity index (χ2n) is 7.80. The molecule has 2 atom stereocenters. The van der Waals surface area contributed by atoms with Gasteiger partial charge in [0.1, 0.15) is 6.04 Å². The average molecular weight is 552 g/mol. The molecule has 3 N–H and O–H groups in total. The third-order valence-corrected chi connectivity index (χ3v) is 5.34. The molecule has 0 radical (unpaired) electrons. The normalized spacial score (nSPS) is 12.2. The van der Waals surface area contributed by atoms with E-state index in [1.807, 2.05) is 30.3 Å². The van der Waals surface area contributed by atoms with Crippen LogP contribution in [0.4, 0.5) is 0 Å². The van der Waals surface area contributed by atoms with Crippen LogP contribution in [0.15, 0.2) is 53.6 Å². The molecular formula is C24H27Cl2N5O6. The Kier molecular flexibility index (Phi) is 13.3. The molecule has 0 spiro atoms. The van der Waals surface area contributed by atoms with Crippen LogP contribution >= 0.6 is 23.2 Å². The number of aliphatic carboxylic acids is 1. The van der Waals surface area contributed by atoms with Crippen molar-refractivity contribution in [2.45, 2.75) is 31.5 Å². The van der Waals surface area contributed by atoms with E-state index in [4.69, 9.17) is 38.2 Å².